The van der Waals surface area contributed by atoms with Gasteiger partial charge in [0.25, 0.3) is 0 Å². The van der Waals surface area contributed by atoms with Crippen LogP contribution in [0.1, 0.15) is 24.8 Å². The Kier molecular flexibility index (Phi) is 3.92. The number of hydrogen-bond acceptors (Lipinski definition) is 3. The summed E-state index contributed by atoms with van der Waals surface area (Å²) in [6.45, 7) is 2.82. The van der Waals surface area contributed by atoms with E-state index in [-0.39, 0.29) is 5.91 Å². The first-order chi connectivity index (χ1) is 10.2. The van der Waals surface area contributed by atoms with E-state index >= 15 is 0 Å². The third kappa shape index (κ3) is 2.78. The Morgan fingerprint density at radius 1 is 1.19 bits per heavy atom. The molecule has 2 aliphatic rings. The Hall–Kier alpha value is -1.88. The van der Waals surface area contributed by atoms with Gasteiger partial charge < -0.3 is 10.0 Å². The molecule has 1 atom stereocenters. The Balaban J connectivity index is 1.73. The summed E-state index contributed by atoms with van der Waals surface area (Å²) in [7, 11) is 0. The molecule has 5 heteroatoms. The molecule has 1 N–H and O–H groups in total. The zero-order valence-electron chi connectivity index (χ0n) is 12.0. The van der Waals surface area contributed by atoms with Crippen molar-refractivity contribution >= 4 is 17.6 Å². The third-order valence-corrected chi connectivity index (χ3v) is 4.37. The number of carboxylic acid groups (broad SMARTS) is 1. The number of para-hydroxylation sites is 1. The molecule has 2 aliphatic heterocycles. The highest BCUT2D eigenvalue weighted by molar-refractivity contribution is 6.01. The van der Waals surface area contributed by atoms with Gasteiger partial charge in [0.1, 0.15) is 6.04 Å². The maximum atomic E-state index is 12.5. The lowest BCUT2D eigenvalue weighted by molar-refractivity contribution is -0.139. The van der Waals surface area contributed by atoms with Gasteiger partial charge in [0.05, 0.1) is 0 Å². The molecule has 0 bridgehead atoms. The highest BCUT2D eigenvalue weighted by Gasteiger charge is 2.37. The van der Waals surface area contributed by atoms with E-state index in [1.807, 2.05) is 24.3 Å². The van der Waals surface area contributed by atoms with Crippen LogP contribution in [0.5, 0.6) is 0 Å². The summed E-state index contributed by atoms with van der Waals surface area (Å²) in [5, 5.41) is 9.38. The fraction of sp³-hybridized carbons (Fsp3) is 0.500. The van der Waals surface area contributed by atoms with Crippen LogP contribution in [0.3, 0.4) is 0 Å². The van der Waals surface area contributed by atoms with Crippen molar-refractivity contribution in [1.82, 2.24) is 4.90 Å². The van der Waals surface area contributed by atoms with Crippen molar-refractivity contribution in [2.24, 2.45) is 0 Å². The maximum Gasteiger partial charge on any atom is 0.327 e. The van der Waals surface area contributed by atoms with Crippen LogP contribution in [0.25, 0.3) is 0 Å². The number of anilines is 1. The van der Waals surface area contributed by atoms with Crippen molar-refractivity contribution < 1.29 is 14.7 Å². The summed E-state index contributed by atoms with van der Waals surface area (Å²) in [5.74, 6) is -1.01. The Bertz CT molecular complexity index is 552. The van der Waals surface area contributed by atoms with Crippen LogP contribution in [-0.4, -0.2) is 47.6 Å². The average molecular weight is 288 g/mol. The van der Waals surface area contributed by atoms with Crippen LogP contribution in [-0.2, 0) is 16.0 Å². The molecular weight excluding hydrogens is 268 g/mol. The summed E-state index contributed by atoms with van der Waals surface area (Å²) >= 11 is 0. The fourth-order valence-electron chi connectivity index (χ4n) is 3.27. The Morgan fingerprint density at radius 3 is 2.62 bits per heavy atom. The quantitative estimate of drug-likeness (QED) is 0.912. The zero-order chi connectivity index (χ0) is 14.8. The number of carbonyl (C=O) groups excluding carboxylic acids is 1. The number of likely N-dealkylation sites (tertiary alicyclic amines) is 1. The smallest absolute Gasteiger partial charge is 0.327 e. The van der Waals surface area contributed by atoms with Crippen molar-refractivity contribution in [3.05, 3.63) is 29.8 Å². The standard InChI is InChI=1S/C16H20N2O3/c19-15(7-10-17-8-3-4-9-17)18-13-6-2-1-5-12(13)11-14(18)16(20)21/h1-2,5-6,14H,3-4,7-11H2,(H,20,21). The van der Waals surface area contributed by atoms with E-state index in [0.29, 0.717) is 12.8 Å². The molecular formula is C16H20N2O3. The molecule has 1 amide bonds. The molecule has 1 saturated heterocycles. The van der Waals surface area contributed by atoms with Crippen LogP contribution in [0.2, 0.25) is 0 Å². The highest BCUT2D eigenvalue weighted by atomic mass is 16.4. The van der Waals surface area contributed by atoms with Crippen LogP contribution < -0.4 is 4.90 Å². The lowest BCUT2D eigenvalue weighted by Gasteiger charge is -2.24. The highest BCUT2D eigenvalue weighted by Crippen LogP contribution is 2.32. The van der Waals surface area contributed by atoms with Crippen LogP contribution in [0.15, 0.2) is 24.3 Å². The minimum atomic E-state index is -0.930. The number of amides is 1. The van der Waals surface area contributed by atoms with Crippen molar-refractivity contribution in [3.8, 4) is 0 Å². The summed E-state index contributed by atoms with van der Waals surface area (Å²) < 4.78 is 0. The molecule has 2 heterocycles. The molecule has 3 rings (SSSR count). The predicted molar refractivity (Wildman–Crippen MR) is 79.3 cm³/mol. The van der Waals surface area contributed by atoms with E-state index in [9.17, 15) is 14.7 Å². The number of nitrogens with zero attached hydrogens (tertiary/aromatic N) is 2. The second kappa shape index (κ2) is 5.85. The van der Waals surface area contributed by atoms with Gasteiger partial charge in [-0.1, -0.05) is 18.2 Å². The van der Waals surface area contributed by atoms with E-state index in [1.165, 1.54) is 17.7 Å². The molecule has 5 nitrogen and oxygen atoms in total. The number of aliphatic carboxylic acids is 1. The van der Waals surface area contributed by atoms with Crippen LogP contribution in [0, 0.1) is 0 Å². The van der Waals surface area contributed by atoms with E-state index in [2.05, 4.69) is 4.90 Å². The minimum Gasteiger partial charge on any atom is -0.480 e. The van der Waals surface area contributed by atoms with E-state index in [4.69, 9.17) is 0 Å². The van der Waals surface area contributed by atoms with Gasteiger partial charge in [-0.3, -0.25) is 9.69 Å². The first-order valence-electron chi connectivity index (χ1n) is 7.52. The van der Waals surface area contributed by atoms with Crippen molar-refractivity contribution in [1.29, 1.82) is 0 Å². The molecule has 1 fully saturated rings. The van der Waals surface area contributed by atoms with Crippen molar-refractivity contribution in [2.75, 3.05) is 24.5 Å². The lowest BCUT2D eigenvalue weighted by atomic mass is 10.1. The first-order valence-corrected chi connectivity index (χ1v) is 7.52. The second-order valence-corrected chi connectivity index (χ2v) is 5.75. The SMILES string of the molecule is O=C(O)C1Cc2ccccc2N1C(=O)CCN1CCCC1. The van der Waals surface area contributed by atoms with Gasteiger partial charge >= 0.3 is 5.97 Å². The normalized spacial score (nSPS) is 21.5. The van der Waals surface area contributed by atoms with Crippen LogP contribution >= 0.6 is 0 Å². The van der Waals surface area contributed by atoms with E-state index in [1.54, 1.807) is 0 Å². The predicted octanol–water partition coefficient (Wildman–Crippen LogP) is 1.51. The van der Waals surface area contributed by atoms with E-state index in [0.717, 1.165) is 30.9 Å². The average Bonchev–Trinajstić information content (AvgIpc) is 3.11. The zero-order valence-corrected chi connectivity index (χ0v) is 12.0. The Labute approximate surface area is 124 Å². The topological polar surface area (TPSA) is 60.9 Å². The molecule has 21 heavy (non-hydrogen) atoms. The molecule has 0 radical (unpaired) electrons. The first kappa shape index (κ1) is 14.1. The number of fused-ring (bicyclic) bond motifs is 1. The number of benzene rings is 1. The van der Waals surface area contributed by atoms with Gasteiger partial charge in [-0.2, -0.15) is 0 Å². The molecule has 0 spiro atoms. The molecule has 1 aromatic carbocycles. The summed E-state index contributed by atoms with van der Waals surface area (Å²) in [6.07, 6.45) is 3.18. The Morgan fingerprint density at radius 2 is 1.90 bits per heavy atom. The largest absolute Gasteiger partial charge is 0.480 e. The minimum absolute atomic E-state index is 0.0840. The summed E-state index contributed by atoms with van der Waals surface area (Å²) in [5.41, 5.74) is 1.70. The summed E-state index contributed by atoms with van der Waals surface area (Å²) in [4.78, 5) is 27.7. The van der Waals surface area contributed by atoms with Gasteiger partial charge in [0.2, 0.25) is 5.91 Å². The monoisotopic (exact) mass is 288 g/mol. The third-order valence-electron chi connectivity index (χ3n) is 4.37. The molecule has 1 aromatic rings. The van der Waals surface area contributed by atoms with Gasteiger partial charge in [0, 0.05) is 25.1 Å². The van der Waals surface area contributed by atoms with Gasteiger partial charge in [-0.25, -0.2) is 4.79 Å². The molecule has 0 aliphatic carbocycles. The lowest BCUT2D eigenvalue weighted by Crippen LogP contribution is -2.43. The van der Waals surface area contributed by atoms with Gasteiger partial charge in [-0.15, -0.1) is 0 Å². The summed E-state index contributed by atoms with van der Waals surface area (Å²) in [6, 6.07) is 6.72. The number of carboxylic acids is 1. The second-order valence-electron chi connectivity index (χ2n) is 5.75. The number of rotatable bonds is 4. The van der Waals surface area contributed by atoms with Crippen LogP contribution in [0.4, 0.5) is 5.69 Å². The van der Waals surface area contributed by atoms with Crippen molar-refractivity contribution in [3.63, 3.8) is 0 Å². The fourth-order valence-corrected chi connectivity index (χ4v) is 3.27. The van der Waals surface area contributed by atoms with Gasteiger partial charge in [0.15, 0.2) is 0 Å². The molecule has 1 unspecified atom stereocenters. The van der Waals surface area contributed by atoms with E-state index < -0.39 is 12.0 Å². The van der Waals surface area contributed by atoms with Gasteiger partial charge in [-0.05, 0) is 37.6 Å². The van der Waals surface area contributed by atoms with Crippen molar-refractivity contribution in [2.45, 2.75) is 31.7 Å². The number of carbonyl (C=O) groups is 2. The molecule has 0 saturated carbocycles. The molecule has 0 aromatic heterocycles. The molecule has 112 valence electrons. The maximum absolute atomic E-state index is 12.5. The number of hydrogen-bond donors (Lipinski definition) is 1.